The van der Waals surface area contributed by atoms with E-state index in [1.54, 1.807) is 18.2 Å². The summed E-state index contributed by atoms with van der Waals surface area (Å²) in [7, 11) is -2.24. The number of sulfonamides is 1. The maximum atomic E-state index is 13.6. The highest BCUT2D eigenvalue weighted by Crippen LogP contribution is 2.19. The van der Waals surface area contributed by atoms with Gasteiger partial charge in [0, 0.05) is 24.8 Å². The van der Waals surface area contributed by atoms with Gasteiger partial charge >= 0.3 is 0 Å². The lowest BCUT2D eigenvalue weighted by Crippen LogP contribution is -2.26. The molecule has 2 aromatic carbocycles. The van der Waals surface area contributed by atoms with Gasteiger partial charge in [0.1, 0.15) is 5.82 Å². The fourth-order valence-electron chi connectivity index (χ4n) is 1.77. The fourth-order valence-corrected chi connectivity index (χ4v) is 2.92. The molecule has 0 heterocycles. The van der Waals surface area contributed by atoms with Gasteiger partial charge in [-0.1, -0.05) is 18.2 Å². The topological polar surface area (TPSA) is 63.4 Å². The first kappa shape index (κ1) is 14.5. The van der Waals surface area contributed by atoms with Crippen molar-refractivity contribution in [3.05, 3.63) is 59.9 Å². The normalized spacial score (nSPS) is 11.8. The molecule has 4 nitrogen and oxygen atoms in total. The molecule has 0 aliphatic rings. The van der Waals surface area contributed by atoms with Crippen molar-refractivity contribution in [1.29, 1.82) is 0 Å². The standard InChI is InChI=1S/C14H15FN2O2S/c1-17(10-11-4-2-3-5-14(11)15)20(18,19)13-8-6-12(16)7-9-13/h2-9H,10,16H2,1H3. The zero-order chi connectivity index (χ0) is 14.8. The predicted molar refractivity (Wildman–Crippen MR) is 75.9 cm³/mol. The lowest BCUT2D eigenvalue weighted by atomic mass is 10.2. The molecule has 0 atom stereocenters. The molecule has 0 spiro atoms. The van der Waals surface area contributed by atoms with Crippen LogP contribution in [-0.4, -0.2) is 19.8 Å². The summed E-state index contributed by atoms with van der Waals surface area (Å²) in [5.74, 6) is -0.424. The van der Waals surface area contributed by atoms with Crippen LogP contribution >= 0.6 is 0 Å². The Bertz CT molecular complexity index is 699. The third-order valence-corrected chi connectivity index (χ3v) is 4.76. The number of hydrogen-bond acceptors (Lipinski definition) is 3. The number of benzene rings is 2. The summed E-state index contributed by atoms with van der Waals surface area (Å²) < 4.78 is 39.3. The van der Waals surface area contributed by atoms with Crippen LogP contribution < -0.4 is 5.73 Å². The van der Waals surface area contributed by atoms with Gasteiger partial charge < -0.3 is 5.73 Å². The Balaban J connectivity index is 2.26. The number of anilines is 1. The van der Waals surface area contributed by atoms with Crippen molar-refractivity contribution in [2.45, 2.75) is 11.4 Å². The lowest BCUT2D eigenvalue weighted by Gasteiger charge is -2.17. The summed E-state index contributed by atoms with van der Waals surface area (Å²) in [6, 6.07) is 12.0. The average molecular weight is 294 g/mol. The molecular formula is C14H15FN2O2S. The Morgan fingerprint density at radius 1 is 1.10 bits per heavy atom. The molecular weight excluding hydrogens is 279 g/mol. The first-order chi connectivity index (χ1) is 9.41. The van der Waals surface area contributed by atoms with E-state index in [-0.39, 0.29) is 11.4 Å². The van der Waals surface area contributed by atoms with E-state index in [4.69, 9.17) is 5.73 Å². The summed E-state index contributed by atoms with van der Waals surface area (Å²) >= 11 is 0. The summed E-state index contributed by atoms with van der Waals surface area (Å²) in [5.41, 5.74) is 6.35. The van der Waals surface area contributed by atoms with Crippen molar-refractivity contribution in [2.75, 3.05) is 12.8 Å². The van der Waals surface area contributed by atoms with E-state index in [1.807, 2.05) is 0 Å². The molecule has 2 rings (SSSR count). The second-order valence-corrected chi connectivity index (χ2v) is 6.47. The van der Waals surface area contributed by atoms with Crippen molar-refractivity contribution in [1.82, 2.24) is 4.31 Å². The average Bonchev–Trinajstić information content (AvgIpc) is 2.41. The molecule has 6 heteroatoms. The van der Waals surface area contributed by atoms with Gasteiger partial charge in [-0.05, 0) is 30.3 Å². The molecule has 0 unspecified atom stereocenters. The monoisotopic (exact) mass is 294 g/mol. The number of halogens is 1. The van der Waals surface area contributed by atoms with Gasteiger partial charge in [0.2, 0.25) is 10.0 Å². The van der Waals surface area contributed by atoms with E-state index in [0.29, 0.717) is 11.3 Å². The van der Waals surface area contributed by atoms with Crippen molar-refractivity contribution in [2.24, 2.45) is 0 Å². The van der Waals surface area contributed by atoms with E-state index in [0.717, 1.165) is 4.31 Å². The minimum atomic E-state index is -3.66. The summed E-state index contributed by atoms with van der Waals surface area (Å²) in [6.07, 6.45) is 0. The molecule has 0 bridgehead atoms. The van der Waals surface area contributed by atoms with E-state index >= 15 is 0 Å². The largest absolute Gasteiger partial charge is 0.399 e. The molecule has 2 aromatic rings. The maximum absolute atomic E-state index is 13.6. The van der Waals surface area contributed by atoms with Crippen LogP contribution in [0.3, 0.4) is 0 Å². The smallest absolute Gasteiger partial charge is 0.243 e. The maximum Gasteiger partial charge on any atom is 0.243 e. The van der Waals surface area contributed by atoms with Crippen LogP contribution in [0.1, 0.15) is 5.56 Å². The molecule has 0 saturated heterocycles. The highest BCUT2D eigenvalue weighted by atomic mass is 32.2. The van der Waals surface area contributed by atoms with Crippen LogP contribution in [0.2, 0.25) is 0 Å². The van der Waals surface area contributed by atoms with Crippen LogP contribution in [0.4, 0.5) is 10.1 Å². The van der Waals surface area contributed by atoms with E-state index in [9.17, 15) is 12.8 Å². The summed E-state index contributed by atoms with van der Waals surface area (Å²) in [6.45, 7) is -0.0284. The fraction of sp³-hybridized carbons (Fsp3) is 0.143. The SMILES string of the molecule is CN(Cc1ccccc1F)S(=O)(=O)c1ccc(N)cc1. The van der Waals surface area contributed by atoms with Crippen molar-refractivity contribution in [3.8, 4) is 0 Å². The van der Waals surface area contributed by atoms with Crippen molar-refractivity contribution < 1.29 is 12.8 Å². The number of nitrogens with zero attached hydrogens (tertiary/aromatic N) is 1. The number of nitrogens with two attached hydrogens (primary N) is 1. The minimum absolute atomic E-state index is 0.0284. The number of hydrogen-bond donors (Lipinski definition) is 1. The van der Waals surface area contributed by atoms with E-state index in [1.165, 1.54) is 37.4 Å². The number of nitrogen functional groups attached to an aromatic ring is 1. The van der Waals surface area contributed by atoms with Gasteiger partial charge in [-0.15, -0.1) is 0 Å². The van der Waals surface area contributed by atoms with Crippen LogP contribution in [-0.2, 0) is 16.6 Å². The highest BCUT2D eigenvalue weighted by Gasteiger charge is 2.21. The molecule has 0 aliphatic carbocycles. The van der Waals surface area contributed by atoms with E-state index < -0.39 is 15.8 Å². The first-order valence-corrected chi connectivity index (χ1v) is 7.40. The van der Waals surface area contributed by atoms with Crippen LogP contribution in [0.5, 0.6) is 0 Å². The molecule has 0 radical (unpaired) electrons. The molecule has 0 aliphatic heterocycles. The predicted octanol–water partition coefficient (Wildman–Crippen LogP) is 2.23. The third kappa shape index (κ3) is 2.97. The molecule has 106 valence electrons. The van der Waals surface area contributed by atoms with Gasteiger partial charge in [-0.3, -0.25) is 0 Å². The molecule has 2 N–H and O–H groups in total. The molecule has 0 amide bonds. The molecule has 0 aromatic heterocycles. The number of rotatable bonds is 4. The first-order valence-electron chi connectivity index (χ1n) is 5.96. The van der Waals surface area contributed by atoms with E-state index in [2.05, 4.69) is 0 Å². The third-order valence-electron chi connectivity index (χ3n) is 2.94. The Morgan fingerprint density at radius 3 is 2.30 bits per heavy atom. The van der Waals surface area contributed by atoms with Crippen molar-refractivity contribution in [3.63, 3.8) is 0 Å². The van der Waals surface area contributed by atoms with Crippen LogP contribution in [0.15, 0.2) is 53.4 Å². The Labute approximate surface area is 117 Å². The van der Waals surface area contributed by atoms with Crippen LogP contribution in [0.25, 0.3) is 0 Å². The van der Waals surface area contributed by atoms with Gasteiger partial charge in [-0.25, -0.2) is 12.8 Å². The Hall–Kier alpha value is -1.92. The van der Waals surface area contributed by atoms with Gasteiger partial charge in [0.25, 0.3) is 0 Å². The lowest BCUT2D eigenvalue weighted by molar-refractivity contribution is 0.456. The van der Waals surface area contributed by atoms with Crippen LogP contribution in [0, 0.1) is 5.82 Å². The summed E-state index contributed by atoms with van der Waals surface area (Å²) in [5, 5.41) is 0. The molecule has 0 fully saturated rings. The Morgan fingerprint density at radius 2 is 1.70 bits per heavy atom. The zero-order valence-corrected chi connectivity index (χ0v) is 11.8. The van der Waals surface area contributed by atoms with Gasteiger partial charge in [0.15, 0.2) is 0 Å². The summed E-state index contributed by atoms with van der Waals surface area (Å²) in [4.78, 5) is 0.130. The second kappa shape index (κ2) is 5.60. The Kier molecular flexibility index (Phi) is 4.06. The van der Waals surface area contributed by atoms with Gasteiger partial charge in [-0.2, -0.15) is 4.31 Å². The second-order valence-electron chi connectivity index (χ2n) is 4.42. The molecule has 20 heavy (non-hydrogen) atoms. The minimum Gasteiger partial charge on any atom is -0.399 e. The van der Waals surface area contributed by atoms with Crippen molar-refractivity contribution >= 4 is 15.7 Å². The molecule has 0 saturated carbocycles. The quantitative estimate of drug-likeness (QED) is 0.880. The van der Waals surface area contributed by atoms with Gasteiger partial charge in [0.05, 0.1) is 4.90 Å². The zero-order valence-electron chi connectivity index (χ0n) is 11.0. The highest BCUT2D eigenvalue weighted by molar-refractivity contribution is 7.89.